The molecule has 0 spiro atoms. The predicted molar refractivity (Wildman–Crippen MR) is 67.1 cm³/mol. The van der Waals surface area contributed by atoms with Crippen molar-refractivity contribution in [2.24, 2.45) is 5.73 Å². The maximum Gasteiger partial charge on any atom is 0.294 e. The number of aliphatic hydroxyl groups is 2. The Bertz CT molecular complexity index is 559. The number of phenolic OH excluding ortho intramolecular Hbond substituents is 1. The van der Waals surface area contributed by atoms with Crippen LogP contribution in [0.3, 0.4) is 0 Å². The second-order valence-corrected chi connectivity index (χ2v) is 5.86. The van der Waals surface area contributed by atoms with Crippen LogP contribution in [-0.4, -0.2) is 40.5 Å². The fourth-order valence-electron chi connectivity index (χ4n) is 1.82. The summed E-state index contributed by atoms with van der Waals surface area (Å²) in [6, 6.07) is 2.92. The number of hydrogen-bond acceptors (Lipinski definition) is 6. The summed E-state index contributed by atoms with van der Waals surface area (Å²) in [5.74, 6) is -0.392. The quantitative estimate of drug-likeness (QED) is 0.473. The summed E-state index contributed by atoms with van der Waals surface area (Å²) in [6.07, 6.45) is -2.54. The van der Waals surface area contributed by atoms with Crippen LogP contribution in [0.15, 0.2) is 23.1 Å². The van der Waals surface area contributed by atoms with Crippen molar-refractivity contribution >= 4 is 10.1 Å². The zero-order chi connectivity index (χ0) is 15.0. The summed E-state index contributed by atoms with van der Waals surface area (Å²) in [7, 11) is -4.48. The van der Waals surface area contributed by atoms with E-state index < -0.39 is 38.5 Å². The first kappa shape index (κ1) is 15.9. The average molecular weight is 291 g/mol. The highest BCUT2D eigenvalue weighted by molar-refractivity contribution is 7.85. The lowest BCUT2D eigenvalue weighted by Gasteiger charge is -2.36. The van der Waals surface area contributed by atoms with E-state index in [0.717, 1.165) is 18.2 Å². The molecule has 0 aliphatic carbocycles. The van der Waals surface area contributed by atoms with Gasteiger partial charge in [0.15, 0.2) is 0 Å². The van der Waals surface area contributed by atoms with Crippen molar-refractivity contribution in [1.29, 1.82) is 0 Å². The van der Waals surface area contributed by atoms with E-state index in [1.165, 1.54) is 13.8 Å². The van der Waals surface area contributed by atoms with Gasteiger partial charge in [-0.15, -0.1) is 0 Å². The SMILES string of the molecule is CC(O)C(N)(c1cc(S(=O)(=O)O)ccc1O)C(C)O. The van der Waals surface area contributed by atoms with Crippen LogP contribution >= 0.6 is 0 Å². The summed E-state index contributed by atoms with van der Waals surface area (Å²) >= 11 is 0. The van der Waals surface area contributed by atoms with Crippen molar-refractivity contribution in [2.45, 2.75) is 36.5 Å². The van der Waals surface area contributed by atoms with Gasteiger partial charge in [0.2, 0.25) is 0 Å². The molecule has 2 atom stereocenters. The molecule has 0 aliphatic rings. The van der Waals surface area contributed by atoms with Crippen LogP contribution in [0.5, 0.6) is 5.75 Å². The van der Waals surface area contributed by atoms with Crippen molar-refractivity contribution in [3.63, 3.8) is 0 Å². The molecule has 2 unspecified atom stereocenters. The lowest BCUT2D eigenvalue weighted by Crippen LogP contribution is -2.54. The van der Waals surface area contributed by atoms with Gasteiger partial charge in [-0.05, 0) is 32.0 Å². The molecular formula is C11H17NO6S. The fraction of sp³-hybridized carbons (Fsp3) is 0.455. The van der Waals surface area contributed by atoms with Crippen LogP contribution < -0.4 is 5.73 Å². The van der Waals surface area contributed by atoms with Gasteiger partial charge in [-0.3, -0.25) is 4.55 Å². The summed E-state index contributed by atoms with van der Waals surface area (Å²) in [4.78, 5) is -0.489. The van der Waals surface area contributed by atoms with Crippen molar-refractivity contribution in [2.75, 3.05) is 0 Å². The molecule has 0 bridgehead atoms. The van der Waals surface area contributed by atoms with Gasteiger partial charge in [-0.1, -0.05) is 0 Å². The Kier molecular flexibility index (Phi) is 4.23. The highest BCUT2D eigenvalue weighted by atomic mass is 32.2. The second-order valence-electron chi connectivity index (χ2n) is 4.44. The third kappa shape index (κ3) is 2.88. The maximum atomic E-state index is 11.1. The van der Waals surface area contributed by atoms with Crippen LogP contribution in [-0.2, 0) is 15.7 Å². The van der Waals surface area contributed by atoms with E-state index in [2.05, 4.69) is 0 Å². The number of phenols is 1. The van der Waals surface area contributed by atoms with Crippen molar-refractivity contribution < 1.29 is 28.3 Å². The molecule has 7 nitrogen and oxygen atoms in total. The number of benzene rings is 1. The Hall–Kier alpha value is -1.19. The Morgan fingerprint density at radius 2 is 1.68 bits per heavy atom. The molecule has 0 radical (unpaired) electrons. The zero-order valence-corrected chi connectivity index (χ0v) is 11.3. The number of aromatic hydroxyl groups is 1. The summed E-state index contributed by atoms with van der Waals surface area (Å²) < 4.78 is 31.1. The van der Waals surface area contributed by atoms with Gasteiger partial charge >= 0.3 is 0 Å². The summed E-state index contributed by atoms with van der Waals surface area (Å²) in [6.45, 7) is 2.60. The lowest BCUT2D eigenvalue weighted by atomic mass is 9.81. The monoisotopic (exact) mass is 291 g/mol. The van der Waals surface area contributed by atoms with Gasteiger partial charge in [0, 0.05) is 5.56 Å². The van der Waals surface area contributed by atoms with Crippen LogP contribution in [0, 0.1) is 0 Å². The molecule has 8 heteroatoms. The Morgan fingerprint density at radius 3 is 2.05 bits per heavy atom. The first-order chi connectivity index (χ1) is 8.51. The zero-order valence-electron chi connectivity index (χ0n) is 10.5. The number of aliphatic hydroxyl groups excluding tert-OH is 2. The van der Waals surface area contributed by atoms with Crippen LogP contribution in [0.4, 0.5) is 0 Å². The molecule has 6 N–H and O–H groups in total. The third-order valence-electron chi connectivity index (χ3n) is 3.11. The number of hydrogen-bond donors (Lipinski definition) is 5. The molecule has 0 saturated carbocycles. The van der Waals surface area contributed by atoms with Gasteiger partial charge in [-0.2, -0.15) is 8.42 Å². The van der Waals surface area contributed by atoms with E-state index in [1.807, 2.05) is 0 Å². The van der Waals surface area contributed by atoms with Crippen molar-refractivity contribution in [1.82, 2.24) is 0 Å². The number of nitrogens with two attached hydrogens (primary N) is 1. The first-order valence-corrected chi connectivity index (χ1v) is 6.91. The van der Waals surface area contributed by atoms with Crippen molar-refractivity contribution in [3.8, 4) is 5.75 Å². The summed E-state index contributed by atoms with van der Waals surface area (Å²) in [5, 5.41) is 29.2. The van der Waals surface area contributed by atoms with E-state index in [0.29, 0.717) is 0 Å². The molecule has 0 fully saturated rings. The molecule has 0 saturated heterocycles. The Balaban J connectivity index is 3.57. The summed E-state index contributed by atoms with van der Waals surface area (Å²) in [5.41, 5.74) is 3.93. The predicted octanol–water partition coefficient (Wildman–Crippen LogP) is -0.446. The van der Waals surface area contributed by atoms with E-state index >= 15 is 0 Å². The fourth-order valence-corrected chi connectivity index (χ4v) is 2.33. The van der Waals surface area contributed by atoms with Crippen LogP contribution in [0.2, 0.25) is 0 Å². The highest BCUT2D eigenvalue weighted by Gasteiger charge is 2.40. The smallest absolute Gasteiger partial charge is 0.294 e. The van der Waals surface area contributed by atoms with Gasteiger partial charge < -0.3 is 21.1 Å². The molecule has 1 rings (SSSR count). The van der Waals surface area contributed by atoms with Crippen LogP contribution in [0.25, 0.3) is 0 Å². The topological polar surface area (TPSA) is 141 Å². The van der Waals surface area contributed by atoms with Gasteiger partial charge in [0.1, 0.15) is 5.75 Å². The van der Waals surface area contributed by atoms with E-state index in [1.54, 1.807) is 0 Å². The highest BCUT2D eigenvalue weighted by Crippen LogP contribution is 2.34. The molecule has 0 heterocycles. The molecule has 0 amide bonds. The normalized spacial score (nSPS) is 18.6. The first-order valence-electron chi connectivity index (χ1n) is 5.47. The molecule has 1 aromatic carbocycles. The van der Waals surface area contributed by atoms with E-state index in [9.17, 15) is 23.7 Å². The Morgan fingerprint density at radius 1 is 1.21 bits per heavy atom. The second kappa shape index (κ2) is 5.06. The molecular weight excluding hydrogens is 274 g/mol. The maximum absolute atomic E-state index is 11.1. The number of rotatable bonds is 4. The molecule has 108 valence electrons. The third-order valence-corrected chi connectivity index (χ3v) is 3.96. The minimum absolute atomic E-state index is 0.173. The molecule has 1 aromatic rings. The van der Waals surface area contributed by atoms with Gasteiger partial charge in [-0.25, -0.2) is 0 Å². The van der Waals surface area contributed by atoms with E-state index in [4.69, 9.17) is 10.3 Å². The minimum atomic E-state index is -4.48. The molecule has 0 aliphatic heterocycles. The largest absolute Gasteiger partial charge is 0.508 e. The average Bonchev–Trinajstić information content (AvgIpc) is 2.26. The molecule has 19 heavy (non-hydrogen) atoms. The van der Waals surface area contributed by atoms with Crippen LogP contribution in [0.1, 0.15) is 19.4 Å². The standard InChI is InChI=1S/C11H17NO6S/c1-6(13)11(12,7(2)14)9-5-8(19(16,17)18)3-4-10(9)15/h3-7,13-15H,12H2,1-2H3,(H,16,17,18). The molecule has 0 aromatic heterocycles. The minimum Gasteiger partial charge on any atom is -0.508 e. The Labute approximate surface area is 111 Å². The van der Waals surface area contributed by atoms with Gasteiger partial charge in [0.05, 0.1) is 22.6 Å². The van der Waals surface area contributed by atoms with Gasteiger partial charge in [0.25, 0.3) is 10.1 Å². The van der Waals surface area contributed by atoms with E-state index in [-0.39, 0.29) is 5.56 Å². The van der Waals surface area contributed by atoms with Crippen molar-refractivity contribution in [3.05, 3.63) is 23.8 Å². The lowest BCUT2D eigenvalue weighted by molar-refractivity contribution is 0.00341.